The van der Waals surface area contributed by atoms with Crippen LogP contribution >= 0.6 is 26.2 Å². The Balaban J connectivity index is 1.22. The third kappa shape index (κ3) is 6.03. The molecule has 10 atom stereocenters. The summed E-state index contributed by atoms with van der Waals surface area (Å²) in [5.74, 6) is -0.275. The Morgan fingerprint density at radius 3 is 2.62 bits per heavy atom. The molecule has 0 aliphatic carbocycles. The van der Waals surface area contributed by atoms with Crippen LogP contribution in [0.15, 0.2) is 17.4 Å². The van der Waals surface area contributed by atoms with Crippen LogP contribution < -0.4 is 17.0 Å². The third-order valence-corrected chi connectivity index (χ3v) is 9.10. The van der Waals surface area contributed by atoms with Crippen LogP contribution in [0, 0.1) is 0 Å². The number of aliphatic hydroxyl groups excluding tert-OH is 1. The molecule has 26 heteroatoms. The topological polar surface area (TPSA) is 276 Å². The molecule has 2 fully saturated rings. The molecule has 0 aromatic carbocycles. The first-order valence-corrected chi connectivity index (χ1v) is 17.5. The molecule has 0 bridgehead atoms. The van der Waals surface area contributed by atoms with Crippen LogP contribution in [0.3, 0.4) is 0 Å². The number of aromatic amines is 1. The van der Waals surface area contributed by atoms with Gasteiger partial charge in [-0.3, -0.25) is 18.9 Å². The van der Waals surface area contributed by atoms with Crippen molar-refractivity contribution in [2.45, 2.75) is 49.2 Å². The number of fused-ring (bicyclic) bond motifs is 2. The van der Waals surface area contributed by atoms with Gasteiger partial charge in [0.1, 0.15) is 42.4 Å². The zero-order valence-corrected chi connectivity index (χ0v) is 25.7. The number of nitrogens with one attached hydrogen (secondary N) is 1. The number of aromatic nitrogens is 9. The number of nitrogens with two attached hydrogens (primary N) is 2. The van der Waals surface area contributed by atoms with Crippen molar-refractivity contribution < 1.29 is 46.4 Å². The maximum Gasteiger partial charge on any atom is 0.582 e. The summed E-state index contributed by atoms with van der Waals surface area (Å²) in [4.78, 5) is 41.2. The minimum absolute atomic E-state index is 0.0325. The Morgan fingerprint density at radius 2 is 1.89 bits per heavy atom. The molecule has 7 N–H and O–H groups in total. The van der Waals surface area contributed by atoms with E-state index in [0.717, 1.165) is 11.0 Å². The molecule has 242 valence electrons. The molecule has 4 aromatic heterocycles. The van der Waals surface area contributed by atoms with Crippen LogP contribution in [0.5, 0.6) is 0 Å². The monoisotopic (exact) mass is 712 g/mol. The number of aliphatic hydroxyl groups is 1. The van der Waals surface area contributed by atoms with E-state index >= 15 is 8.78 Å². The second-order valence-corrected chi connectivity index (χ2v) is 14.0. The van der Waals surface area contributed by atoms with Gasteiger partial charge in [0.25, 0.3) is 5.56 Å². The van der Waals surface area contributed by atoms with E-state index in [1.54, 1.807) is 0 Å². The minimum atomic E-state index is -4.44. The van der Waals surface area contributed by atoms with Gasteiger partial charge in [0, 0.05) is 0 Å². The highest BCUT2D eigenvalue weighted by molar-refractivity contribution is 8.39. The minimum Gasteiger partial charge on any atom is -0.394 e. The second-order valence-electron chi connectivity index (χ2n) is 9.58. The number of anilines is 2. The largest absolute Gasteiger partial charge is 0.582 e. The number of H-pyrrole nitrogens is 1. The van der Waals surface area contributed by atoms with Gasteiger partial charge in [-0.25, -0.2) is 23.7 Å². The molecule has 2 saturated heterocycles. The normalized spacial score (nSPS) is 30.3. The van der Waals surface area contributed by atoms with Crippen molar-refractivity contribution in [3.05, 3.63) is 23.0 Å². The summed E-state index contributed by atoms with van der Waals surface area (Å²) in [7, 11) is -2.65. The van der Waals surface area contributed by atoms with Crippen molar-refractivity contribution in [3.8, 4) is 0 Å². The smallest absolute Gasteiger partial charge is 0.394 e. The summed E-state index contributed by atoms with van der Waals surface area (Å²) in [5, 5.41) is 17.1. The summed E-state index contributed by atoms with van der Waals surface area (Å²) >= 11 is 8.79. The number of thiol groups is 1. The highest BCUT2D eigenvalue weighted by atomic mass is 32.7. The number of nitrogens with zero attached hydrogens (tertiary/aromatic N) is 8. The van der Waals surface area contributed by atoms with Crippen molar-refractivity contribution in [3.63, 3.8) is 0 Å². The molecule has 0 amide bonds. The van der Waals surface area contributed by atoms with E-state index in [9.17, 15) is 19.4 Å². The van der Waals surface area contributed by atoms with E-state index in [-0.39, 0.29) is 34.1 Å². The highest BCUT2D eigenvalue weighted by Gasteiger charge is 2.53. The van der Waals surface area contributed by atoms with Gasteiger partial charge in [0.15, 0.2) is 53.5 Å². The van der Waals surface area contributed by atoms with Gasteiger partial charge in [-0.05, 0) is 16.4 Å². The first-order valence-electron chi connectivity index (χ1n) is 12.6. The molecule has 4 aromatic rings. The van der Waals surface area contributed by atoms with Crippen molar-refractivity contribution in [1.82, 2.24) is 44.5 Å². The van der Waals surface area contributed by atoms with Gasteiger partial charge in [-0.15, -0.1) is 9.62 Å². The van der Waals surface area contributed by atoms with Crippen molar-refractivity contribution in [2.75, 3.05) is 24.7 Å². The first kappa shape index (κ1) is 32.1. The average molecular weight is 713 g/mol. The number of hydrogen-bond donors (Lipinski definition) is 6. The molecule has 0 spiro atoms. The summed E-state index contributed by atoms with van der Waals surface area (Å²) < 4.78 is 72.3. The SMILES string of the molecule is Nc1nc2c(nnn2[C@@H]2O[C@H](CO)[C@H](F)[C@H]2OP(O)(=S)OC[C@H]2O[C@@H](n3cnc4c(N)ncnc43)[C@@H](F)[C@@H]2O[P+](=O)S)c(=O)[nH]1. The zero-order valence-electron chi connectivity index (χ0n) is 22.2. The molecule has 2 unspecified atom stereocenters. The third-order valence-electron chi connectivity index (χ3n) is 6.84. The fourth-order valence-corrected chi connectivity index (χ4v) is 7.06. The summed E-state index contributed by atoms with van der Waals surface area (Å²) in [6.45, 7) is -5.96. The van der Waals surface area contributed by atoms with Crippen molar-refractivity contribution >= 4 is 72.1 Å². The molecule has 20 nitrogen and oxygen atoms in total. The molecular weight excluding hydrogens is 690 g/mol. The van der Waals surface area contributed by atoms with E-state index < -0.39 is 81.9 Å². The molecule has 2 aliphatic rings. The average Bonchev–Trinajstić information content (AvgIpc) is 3.73. The number of imidazole rings is 1. The summed E-state index contributed by atoms with van der Waals surface area (Å²) in [6.07, 6.45) is -11.0. The van der Waals surface area contributed by atoms with Crippen LogP contribution in [0.25, 0.3) is 22.3 Å². The van der Waals surface area contributed by atoms with Crippen LogP contribution in [0.1, 0.15) is 12.5 Å². The van der Waals surface area contributed by atoms with Gasteiger partial charge >= 0.3 is 13.9 Å². The lowest BCUT2D eigenvalue weighted by Crippen LogP contribution is -2.34. The lowest BCUT2D eigenvalue weighted by molar-refractivity contribution is -0.0588. The Labute approximate surface area is 259 Å². The number of hydrogen-bond acceptors (Lipinski definition) is 17. The number of rotatable bonds is 10. The Bertz CT molecular complexity index is 1870. The lowest BCUT2D eigenvalue weighted by Gasteiger charge is -2.25. The quantitative estimate of drug-likeness (QED) is 0.0899. The molecule has 0 saturated carbocycles. The second kappa shape index (κ2) is 12.4. The van der Waals surface area contributed by atoms with Crippen LogP contribution in [0.4, 0.5) is 20.5 Å². The van der Waals surface area contributed by atoms with Gasteiger partial charge in [0.2, 0.25) is 5.95 Å². The predicted molar refractivity (Wildman–Crippen MR) is 154 cm³/mol. The fraction of sp³-hybridized carbons (Fsp3) is 0.526. The zero-order chi connectivity index (χ0) is 32.2. The van der Waals surface area contributed by atoms with E-state index in [1.807, 2.05) is 0 Å². The standard InChI is InChI=1S/C19H21F2N11O9P2S2/c20-7-5(1-33)38-18(32-15-10(29-30-32)16(34)28-19(23)27-15)12(7)41-43(36,45)37-2-6-11(40-42(35)44)8(21)17(39-6)31-4-26-9-13(22)24-3-25-14(9)31/h3-8,11-12,17-18,33H,1-2H2,(H6-,22,23,24,25,27,28,30,34,35,36,44,45)/p+1/t5-,6-,7+,8+,11-,12-,17-,18-,43?/m1/s1. The molecule has 2 aliphatic heterocycles. The van der Waals surface area contributed by atoms with Crippen LogP contribution in [-0.4, -0.2) is 104 Å². The summed E-state index contributed by atoms with van der Waals surface area (Å²) in [5.41, 5.74) is 10.5. The Hall–Kier alpha value is -2.89. The number of alkyl halides is 2. The van der Waals surface area contributed by atoms with Crippen LogP contribution in [0.2, 0.25) is 0 Å². The molecule has 6 heterocycles. The Kier molecular flexibility index (Phi) is 8.82. The maximum atomic E-state index is 15.7. The fourth-order valence-electron chi connectivity index (χ4n) is 4.87. The number of halogens is 2. The maximum absolute atomic E-state index is 15.7. The van der Waals surface area contributed by atoms with E-state index in [0.29, 0.717) is 0 Å². The van der Waals surface area contributed by atoms with E-state index in [4.69, 9.17) is 46.3 Å². The molecule has 6 rings (SSSR count). The molecule has 45 heavy (non-hydrogen) atoms. The van der Waals surface area contributed by atoms with E-state index in [2.05, 4.69) is 47.5 Å². The highest BCUT2D eigenvalue weighted by Crippen LogP contribution is 2.51. The number of nitrogen functional groups attached to an aromatic ring is 2. The predicted octanol–water partition coefficient (Wildman–Crippen LogP) is -0.427. The summed E-state index contributed by atoms with van der Waals surface area (Å²) in [6, 6.07) is 0. The van der Waals surface area contributed by atoms with Gasteiger partial charge in [0.05, 0.1) is 19.5 Å². The van der Waals surface area contributed by atoms with E-state index in [1.165, 1.54) is 10.9 Å². The van der Waals surface area contributed by atoms with Crippen molar-refractivity contribution in [1.29, 1.82) is 0 Å². The Morgan fingerprint density at radius 1 is 1.13 bits per heavy atom. The van der Waals surface area contributed by atoms with Crippen molar-refractivity contribution in [2.24, 2.45) is 0 Å². The lowest BCUT2D eigenvalue weighted by atomic mass is 10.1. The van der Waals surface area contributed by atoms with Crippen LogP contribution in [-0.2, 0) is 39.4 Å². The van der Waals surface area contributed by atoms with Gasteiger partial charge < -0.3 is 35.5 Å². The van der Waals surface area contributed by atoms with Gasteiger partial charge in [-0.1, -0.05) is 5.21 Å². The number of ether oxygens (including phenoxy) is 2. The molecular formula is C19H22F2N11O9P2S2+. The van der Waals surface area contributed by atoms with Gasteiger partial charge in [-0.2, -0.15) is 9.67 Å². The first-order chi connectivity index (χ1) is 21.4. The molecule has 0 radical (unpaired) electrons.